The molecule has 1 rings (SSSR count). The first-order chi connectivity index (χ1) is 9.01. The van der Waals surface area contributed by atoms with Gasteiger partial charge in [-0.05, 0) is 36.1 Å². The van der Waals surface area contributed by atoms with E-state index in [0.717, 1.165) is 0 Å². The third-order valence-corrected chi connectivity index (χ3v) is 4.28. The number of aliphatic carboxylic acids is 1. The Kier molecular flexibility index (Phi) is 5.18. The molecular weight excluding hydrogens is 302 g/mol. The summed E-state index contributed by atoms with van der Waals surface area (Å²) in [6.45, 7) is 5.54. The summed E-state index contributed by atoms with van der Waals surface area (Å²) in [4.78, 5) is 11.2. The number of hydrogen-bond acceptors (Lipinski definition) is 3. The van der Waals surface area contributed by atoms with Crippen molar-refractivity contribution in [3.63, 3.8) is 0 Å². The minimum Gasteiger partial charge on any atom is -0.480 e. The summed E-state index contributed by atoms with van der Waals surface area (Å²) in [6, 6.07) is 4.38. The number of sulfonamides is 1. The first kappa shape index (κ1) is 16.9. The summed E-state index contributed by atoms with van der Waals surface area (Å²) < 4.78 is 26.5. The van der Waals surface area contributed by atoms with Crippen molar-refractivity contribution in [1.29, 1.82) is 0 Å². The van der Waals surface area contributed by atoms with Crippen LogP contribution in [0.25, 0.3) is 0 Å². The van der Waals surface area contributed by atoms with Gasteiger partial charge in [0.15, 0.2) is 0 Å². The van der Waals surface area contributed by atoms with Crippen LogP contribution in [0.4, 0.5) is 0 Å². The van der Waals surface area contributed by atoms with Crippen LogP contribution >= 0.6 is 11.6 Å². The molecule has 0 spiro atoms. The van der Waals surface area contributed by atoms with Crippen molar-refractivity contribution in [3.8, 4) is 0 Å². The topological polar surface area (TPSA) is 83.5 Å². The average molecular weight is 320 g/mol. The highest BCUT2D eigenvalue weighted by Crippen LogP contribution is 2.22. The predicted molar refractivity (Wildman–Crippen MR) is 77.3 cm³/mol. The SMILES string of the molecule is CC(C)(C)C[C@@H](NS(=O)(=O)c1ccc(Cl)cc1)C(=O)O. The van der Waals surface area contributed by atoms with Crippen LogP contribution in [0.5, 0.6) is 0 Å². The van der Waals surface area contributed by atoms with Crippen molar-refractivity contribution in [1.82, 2.24) is 4.72 Å². The Balaban J connectivity index is 2.97. The maximum absolute atomic E-state index is 12.1. The second-order valence-corrected chi connectivity index (χ2v) is 7.88. The molecule has 0 fully saturated rings. The zero-order chi connectivity index (χ0) is 15.6. The monoisotopic (exact) mass is 319 g/mol. The van der Waals surface area contributed by atoms with E-state index < -0.39 is 22.0 Å². The maximum atomic E-state index is 12.1. The highest BCUT2D eigenvalue weighted by atomic mass is 35.5. The molecule has 0 aliphatic carbocycles. The minimum atomic E-state index is -3.88. The lowest BCUT2D eigenvalue weighted by Gasteiger charge is -2.23. The van der Waals surface area contributed by atoms with Crippen LogP contribution in [0.15, 0.2) is 29.2 Å². The van der Waals surface area contributed by atoms with Crippen molar-refractivity contribution in [2.45, 2.75) is 38.1 Å². The van der Waals surface area contributed by atoms with E-state index in [2.05, 4.69) is 4.72 Å². The molecule has 1 aromatic rings. The highest BCUT2D eigenvalue weighted by molar-refractivity contribution is 7.89. The van der Waals surface area contributed by atoms with E-state index in [0.29, 0.717) is 5.02 Å². The van der Waals surface area contributed by atoms with Gasteiger partial charge in [-0.15, -0.1) is 0 Å². The summed E-state index contributed by atoms with van der Waals surface area (Å²) in [5, 5.41) is 9.55. The van der Waals surface area contributed by atoms with E-state index in [1.165, 1.54) is 24.3 Å². The third-order valence-electron chi connectivity index (χ3n) is 2.54. The average Bonchev–Trinajstić information content (AvgIpc) is 2.26. The summed E-state index contributed by atoms with van der Waals surface area (Å²) in [5.74, 6) is -1.20. The van der Waals surface area contributed by atoms with Crippen molar-refractivity contribution < 1.29 is 18.3 Å². The molecule has 0 heterocycles. The van der Waals surface area contributed by atoms with E-state index in [4.69, 9.17) is 16.7 Å². The smallest absolute Gasteiger partial charge is 0.321 e. The van der Waals surface area contributed by atoms with Gasteiger partial charge < -0.3 is 5.11 Å². The Hall–Kier alpha value is -1.11. The number of rotatable bonds is 5. The number of nitrogens with one attached hydrogen (secondary N) is 1. The largest absolute Gasteiger partial charge is 0.480 e. The van der Waals surface area contributed by atoms with Gasteiger partial charge in [0.25, 0.3) is 0 Å². The molecule has 20 heavy (non-hydrogen) atoms. The van der Waals surface area contributed by atoms with Crippen molar-refractivity contribution in [2.24, 2.45) is 5.41 Å². The molecule has 2 N–H and O–H groups in total. The standard InChI is InChI=1S/C13H18ClNO4S/c1-13(2,3)8-11(12(16)17)15-20(18,19)10-6-4-9(14)5-7-10/h4-7,11,15H,8H2,1-3H3,(H,16,17)/t11-/m1/s1. The predicted octanol–water partition coefficient (Wildman–Crippen LogP) is 2.51. The molecule has 112 valence electrons. The third kappa shape index (κ3) is 5.11. The second kappa shape index (κ2) is 6.11. The molecule has 0 aliphatic heterocycles. The Morgan fingerprint density at radius 2 is 1.80 bits per heavy atom. The van der Waals surface area contributed by atoms with Crippen LogP contribution in [-0.2, 0) is 14.8 Å². The molecule has 1 atom stereocenters. The normalized spacial score (nSPS) is 14.0. The molecule has 7 heteroatoms. The molecule has 0 saturated heterocycles. The number of benzene rings is 1. The summed E-state index contributed by atoms with van der Waals surface area (Å²) in [6.07, 6.45) is 0.190. The zero-order valence-corrected chi connectivity index (χ0v) is 13.1. The van der Waals surface area contributed by atoms with Gasteiger partial charge >= 0.3 is 5.97 Å². The van der Waals surface area contributed by atoms with Gasteiger partial charge in [0.1, 0.15) is 6.04 Å². The van der Waals surface area contributed by atoms with Crippen LogP contribution < -0.4 is 4.72 Å². The van der Waals surface area contributed by atoms with E-state index in [9.17, 15) is 13.2 Å². The van der Waals surface area contributed by atoms with Crippen molar-refractivity contribution in [2.75, 3.05) is 0 Å². The lowest BCUT2D eigenvalue weighted by atomic mass is 9.88. The zero-order valence-electron chi connectivity index (χ0n) is 11.6. The van der Waals surface area contributed by atoms with Crippen molar-refractivity contribution >= 4 is 27.6 Å². The Morgan fingerprint density at radius 3 is 2.20 bits per heavy atom. The fourth-order valence-corrected chi connectivity index (χ4v) is 2.98. The number of halogens is 1. The number of carboxylic acids is 1. The quantitative estimate of drug-likeness (QED) is 0.873. The molecule has 0 aromatic heterocycles. The molecular formula is C13H18ClNO4S. The van der Waals surface area contributed by atoms with Crippen LogP contribution in [0.1, 0.15) is 27.2 Å². The lowest BCUT2D eigenvalue weighted by Crippen LogP contribution is -2.42. The van der Waals surface area contributed by atoms with E-state index in [1.807, 2.05) is 20.8 Å². The van der Waals surface area contributed by atoms with Gasteiger partial charge in [-0.2, -0.15) is 4.72 Å². The maximum Gasteiger partial charge on any atom is 0.321 e. The highest BCUT2D eigenvalue weighted by Gasteiger charge is 2.29. The van der Waals surface area contributed by atoms with E-state index in [1.54, 1.807) is 0 Å². The van der Waals surface area contributed by atoms with Crippen LogP contribution in [0.2, 0.25) is 5.02 Å². The first-order valence-corrected chi connectivity index (χ1v) is 7.88. The summed E-state index contributed by atoms with van der Waals surface area (Å²) in [7, 11) is -3.88. The fourth-order valence-electron chi connectivity index (χ4n) is 1.66. The molecule has 0 amide bonds. The van der Waals surface area contributed by atoms with Gasteiger partial charge in [-0.1, -0.05) is 32.4 Å². The summed E-state index contributed by atoms with van der Waals surface area (Å²) in [5.41, 5.74) is -0.314. The van der Waals surface area contributed by atoms with Gasteiger partial charge in [0.05, 0.1) is 4.90 Å². The van der Waals surface area contributed by atoms with E-state index >= 15 is 0 Å². The van der Waals surface area contributed by atoms with E-state index in [-0.39, 0.29) is 16.7 Å². The van der Waals surface area contributed by atoms with Gasteiger partial charge in [0.2, 0.25) is 10.0 Å². The van der Waals surface area contributed by atoms with Crippen LogP contribution in [-0.4, -0.2) is 25.5 Å². The Labute approximate surface area is 124 Å². The molecule has 0 bridgehead atoms. The number of hydrogen-bond donors (Lipinski definition) is 2. The molecule has 1 aromatic carbocycles. The van der Waals surface area contributed by atoms with Crippen LogP contribution in [0, 0.1) is 5.41 Å². The van der Waals surface area contributed by atoms with Gasteiger partial charge in [-0.3, -0.25) is 4.79 Å². The summed E-state index contributed by atoms with van der Waals surface area (Å²) >= 11 is 5.70. The van der Waals surface area contributed by atoms with Gasteiger partial charge in [0, 0.05) is 5.02 Å². The fraction of sp³-hybridized carbons (Fsp3) is 0.462. The van der Waals surface area contributed by atoms with Crippen molar-refractivity contribution in [3.05, 3.63) is 29.3 Å². The minimum absolute atomic E-state index is 0.0120. The number of carbonyl (C=O) groups is 1. The molecule has 0 radical (unpaired) electrons. The molecule has 5 nitrogen and oxygen atoms in total. The Morgan fingerprint density at radius 1 is 1.30 bits per heavy atom. The van der Waals surface area contributed by atoms with Crippen LogP contribution in [0.3, 0.4) is 0 Å². The second-order valence-electron chi connectivity index (χ2n) is 5.73. The molecule has 0 saturated carbocycles. The first-order valence-electron chi connectivity index (χ1n) is 6.02. The lowest BCUT2D eigenvalue weighted by molar-refractivity contribution is -0.139. The van der Waals surface area contributed by atoms with Gasteiger partial charge in [-0.25, -0.2) is 8.42 Å². The molecule has 0 unspecified atom stereocenters. The Bertz CT molecular complexity index is 575. The molecule has 0 aliphatic rings. The number of carboxylic acid groups (broad SMARTS) is 1.